The van der Waals surface area contributed by atoms with Crippen molar-refractivity contribution in [2.24, 2.45) is 5.92 Å². The first-order valence-electron chi connectivity index (χ1n) is 7.74. The Morgan fingerprint density at radius 3 is 2.67 bits per heavy atom. The molecular formula is C17H21NO3. The summed E-state index contributed by atoms with van der Waals surface area (Å²) in [7, 11) is 0. The number of rotatable bonds is 5. The van der Waals surface area contributed by atoms with Gasteiger partial charge in [0.2, 0.25) is 5.91 Å². The predicted octanol–water partition coefficient (Wildman–Crippen LogP) is 2.95. The lowest BCUT2D eigenvalue weighted by atomic mass is 9.92. The first kappa shape index (κ1) is 14.1. The molecule has 2 atom stereocenters. The molecule has 1 amide bonds. The van der Waals surface area contributed by atoms with Gasteiger partial charge >= 0.3 is 5.97 Å². The maximum Gasteiger partial charge on any atom is 0.309 e. The van der Waals surface area contributed by atoms with Gasteiger partial charge in [0.1, 0.15) is 0 Å². The lowest BCUT2D eigenvalue weighted by Crippen LogP contribution is -2.31. The van der Waals surface area contributed by atoms with Crippen molar-refractivity contribution >= 4 is 11.9 Å². The van der Waals surface area contributed by atoms with E-state index < -0.39 is 11.9 Å². The Bertz CT molecular complexity index is 565. The summed E-state index contributed by atoms with van der Waals surface area (Å²) in [4.78, 5) is 25.4. The highest BCUT2D eigenvalue weighted by Crippen LogP contribution is 2.43. The number of nitrogens with zero attached hydrogens (tertiary/aromatic N) is 1. The second-order valence-electron chi connectivity index (χ2n) is 6.13. The smallest absolute Gasteiger partial charge is 0.309 e. The fraction of sp³-hybridized carbons (Fsp3) is 0.529. The number of carboxylic acid groups (broad SMARTS) is 1. The maximum absolute atomic E-state index is 12.2. The third kappa shape index (κ3) is 2.67. The zero-order valence-electron chi connectivity index (χ0n) is 12.3. The van der Waals surface area contributed by atoms with E-state index in [4.69, 9.17) is 0 Å². The van der Waals surface area contributed by atoms with Crippen LogP contribution in [0.15, 0.2) is 24.3 Å². The van der Waals surface area contributed by atoms with Gasteiger partial charge in [0, 0.05) is 13.0 Å². The number of carbonyl (C=O) groups excluding carboxylic acids is 1. The summed E-state index contributed by atoms with van der Waals surface area (Å²) < 4.78 is 0. The van der Waals surface area contributed by atoms with Gasteiger partial charge in [-0.05, 0) is 36.3 Å². The standard InChI is InChI=1S/C17H21NO3/c1-2-8-18-15(19)10-14(17(20)21)16(18)13-5-3-4-12(9-13)11-6-7-11/h3-5,9,11,14,16H,2,6-8,10H2,1H3,(H,20,21). The highest BCUT2D eigenvalue weighted by atomic mass is 16.4. The second kappa shape index (κ2) is 5.51. The Balaban J connectivity index is 1.95. The Hall–Kier alpha value is -1.84. The molecule has 2 fully saturated rings. The molecule has 0 aromatic heterocycles. The molecule has 1 aliphatic heterocycles. The Morgan fingerprint density at radius 2 is 2.05 bits per heavy atom. The SMILES string of the molecule is CCCN1C(=O)CC(C(=O)O)C1c1cccc(C2CC2)c1. The molecule has 0 radical (unpaired) electrons. The number of benzene rings is 1. The molecule has 0 bridgehead atoms. The highest BCUT2D eigenvalue weighted by molar-refractivity contribution is 5.87. The van der Waals surface area contributed by atoms with Crippen LogP contribution in [0.25, 0.3) is 0 Å². The number of hydrogen-bond acceptors (Lipinski definition) is 2. The molecule has 1 heterocycles. The van der Waals surface area contributed by atoms with E-state index >= 15 is 0 Å². The fourth-order valence-corrected chi connectivity index (χ4v) is 3.34. The van der Waals surface area contributed by atoms with Gasteiger partial charge in [-0.25, -0.2) is 0 Å². The van der Waals surface area contributed by atoms with Gasteiger partial charge in [-0.1, -0.05) is 31.2 Å². The first-order chi connectivity index (χ1) is 10.1. The number of carbonyl (C=O) groups is 2. The molecular weight excluding hydrogens is 266 g/mol. The lowest BCUT2D eigenvalue weighted by molar-refractivity contribution is -0.142. The van der Waals surface area contributed by atoms with E-state index in [0.717, 1.165) is 12.0 Å². The van der Waals surface area contributed by atoms with Gasteiger partial charge < -0.3 is 10.0 Å². The van der Waals surface area contributed by atoms with E-state index in [1.54, 1.807) is 4.90 Å². The fourth-order valence-electron chi connectivity index (χ4n) is 3.34. The molecule has 1 aromatic rings. The third-order valence-electron chi connectivity index (χ3n) is 4.51. The third-order valence-corrected chi connectivity index (χ3v) is 4.51. The van der Waals surface area contributed by atoms with Crippen molar-refractivity contribution in [3.63, 3.8) is 0 Å². The molecule has 1 aliphatic carbocycles. The van der Waals surface area contributed by atoms with Crippen LogP contribution in [-0.4, -0.2) is 28.4 Å². The van der Waals surface area contributed by atoms with Gasteiger partial charge in [-0.2, -0.15) is 0 Å². The van der Waals surface area contributed by atoms with E-state index in [0.29, 0.717) is 12.5 Å². The Morgan fingerprint density at radius 1 is 1.33 bits per heavy atom. The molecule has 0 spiro atoms. The molecule has 4 nitrogen and oxygen atoms in total. The monoisotopic (exact) mass is 287 g/mol. The van der Waals surface area contributed by atoms with Crippen molar-refractivity contribution < 1.29 is 14.7 Å². The number of amides is 1. The minimum atomic E-state index is -0.872. The van der Waals surface area contributed by atoms with Crippen molar-refractivity contribution in [2.45, 2.75) is 44.6 Å². The Kier molecular flexibility index (Phi) is 3.70. The van der Waals surface area contributed by atoms with Gasteiger partial charge in [0.15, 0.2) is 0 Å². The molecule has 4 heteroatoms. The number of likely N-dealkylation sites (tertiary alicyclic amines) is 1. The summed E-state index contributed by atoms with van der Waals surface area (Å²) in [6.45, 7) is 2.64. The quantitative estimate of drug-likeness (QED) is 0.905. The van der Waals surface area contributed by atoms with Crippen molar-refractivity contribution in [1.82, 2.24) is 4.90 Å². The highest BCUT2D eigenvalue weighted by Gasteiger charge is 2.44. The van der Waals surface area contributed by atoms with Crippen LogP contribution >= 0.6 is 0 Å². The molecule has 1 saturated carbocycles. The normalized spacial score (nSPS) is 25.4. The zero-order chi connectivity index (χ0) is 15.0. The van der Waals surface area contributed by atoms with Crippen LogP contribution in [0, 0.1) is 5.92 Å². The number of hydrogen-bond donors (Lipinski definition) is 1. The zero-order valence-corrected chi connectivity index (χ0v) is 12.3. The van der Waals surface area contributed by atoms with E-state index in [2.05, 4.69) is 12.1 Å². The van der Waals surface area contributed by atoms with Crippen molar-refractivity contribution in [3.8, 4) is 0 Å². The van der Waals surface area contributed by atoms with Crippen LogP contribution in [0.2, 0.25) is 0 Å². The van der Waals surface area contributed by atoms with Crippen LogP contribution in [0.3, 0.4) is 0 Å². The first-order valence-corrected chi connectivity index (χ1v) is 7.74. The average molecular weight is 287 g/mol. The van der Waals surface area contributed by atoms with Crippen LogP contribution in [-0.2, 0) is 9.59 Å². The van der Waals surface area contributed by atoms with Crippen molar-refractivity contribution in [3.05, 3.63) is 35.4 Å². The van der Waals surface area contributed by atoms with E-state index in [1.807, 2.05) is 19.1 Å². The van der Waals surface area contributed by atoms with Crippen molar-refractivity contribution in [2.75, 3.05) is 6.54 Å². The summed E-state index contributed by atoms with van der Waals surface area (Å²) in [6, 6.07) is 7.87. The Labute approximate surface area is 124 Å². The molecule has 112 valence electrons. The van der Waals surface area contributed by atoms with Crippen LogP contribution in [0.5, 0.6) is 0 Å². The molecule has 1 aromatic carbocycles. The van der Waals surface area contributed by atoms with E-state index in [1.165, 1.54) is 18.4 Å². The summed E-state index contributed by atoms with van der Waals surface area (Å²) >= 11 is 0. The number of carboxylic acids is 1. The van der Waals surface area contributed by atoms with Gasteiger partial charge in [0.05, 0.1) is 12.0 Å². The average Bonchev–Trinajstić information content (AvgIpc) is 3.25. The lowest BCUT2D eigenvalue weighted by Gasteiger charge is -2.27. The van der Waals surface area contributed by atoms with E-state index in [-0.39, 0.29) is 18.4 Å². The van der Waals surface area contributed by atoms with E-state index in [9.17, 15) is 14.7 Å². The van der Waals surface area contributed by atoms with Gasteiger partial charge in [0.25, 0.3) is 0 Å². The van der Waals surface area contributed by atoms with Gasteiger partial charge in [-0.3, -0.25) is 9.59 Å². The predicted molar refractivity (Wildman–Crippen MR) is 78.9 cm³/mol. The van der Waals surface area contributed by atoms with Crippen LogP contribution < -0.4 is 0 Å². The summed E-state index contributed by atoms with van der Waals surface area (Å²) in [6.07, 6.45) is 3.40. The second-order valence-corrected chi connectivity index (χ2v) is 6.13. The summed E-state index contributed by atoms with van der Waals surface area (Å²) in [5.41, 5.74) is 2.26. The molecule has 3 rings (SSSR count). The van der Waals surface area contributed by atoms with Crippen LogP contribution in [0.1, 0.15) is 55.7 Å². The molecule has 1 N–H and O–H groups in total. The van der Waals surface area contributed by atoms with Crippen LogP contribution in [0.4, 0.5) is 0 Å². The topological polar surface area (TPSA) is 57.6 Å². The molecule has 21 heavy (non-hydrogen) atoms. The maximum atomic E-state index is 12.2. The number of aliphatic carboxylic acids is 1. The minimum absolute atomic E-state index is 0.0360. The molecule has 2 aliphatic rings. The molecule has 2 unspecified atom stereocenters. The minimum Gasteiger partial charge on any atom is -0.481 e. The molecule has 1 saturated heterocycles. The largest absolute Gasteiger partial charge is 0.481 e. The summed E-state index contributed by atoms with van der Waals surface area (Å²) in [5, 5.41) is 9.46. The van der Waals surface area contributed by atoms with Gasteiger partial charge in [-0.15, -0.1) is 0 Å². The van der Waals surface area contributed by atoms with Crippen molar-refractivity contribution in [1.29, 1.82) is 0 Å². The summed E-state index contributed by atoms with van der Waals surface area (Å²) in [5.74, 6) is -0.904.